The maximum Gasteiger partial charge on any atom is 0.290 e. The van der Waals surface area contributed by atoms with Crippen molar-refractivity contribution < 1.29 is 19.1 Å². The monoisotopic (exact) mass is 393 g/mol. The standard InChI is InChI=1S/C23H23NO5/c1-5-8-24-19(14-6-7-16(25)17(11-14)28-4)18-20(26)15-10-12(2)9-13(3)21(15)29-22(18)23(24)27/h6-7,9-11,19,25H,5,8H2,1-4H3/t19-/m1/s1. The van der Waals surface area contributed by atoms with Crippen molar-refractivity contribution in [1.82, 2.24) is 4.90 Å². The summed E-state index contributed by atoms with van der Waals surface area (Å²) in [4.78, 5) is 28.3. The number of phenols is 1. The Morgan fingerprint density at radius 1 is 1.17 bits per heavy atom. The zero-order valence-corrected chi connectivity index (χ0v) is 16.9. The van der Waals surface area contributed by atoms with E-state index < -0.39 is 6.04 Å². The van der Waals surface area contributed by atoms with Crippen LogP contribution in [0.5, 0.6) is 11.5 Å². The van der Waals surface area contributed by atoms with Gasteiger partial charge in [0.1, 0.15) is 5.58 Å². The molecule has 4 rings (SSSR count). The Hall–Kier alpha value is -3.28. The number of benzene rings is 2. The third-order valence-corrected chi connectivity index (χ3v) is 5.38. The van der Waals surface area contributed by atoms with Crippen LogP contribution in [-0.2, 0) is 0 Å². The normalized spacial score (nSPS) is 15.8. The van der Waals surface area contributed by atoms with Crippen LogP contribution in [0.15, 0.2) is 39.5 Å². The third kappa shape index (κ3) is 2.87. The predicted octanol–water partition coefficient (Wildman–Crippen LogP) is 4.08. The molecule has 0 bridgehead atoms. The number of fused-ring (bicyclic) bond motifs is 2. The molecule has 0 spiro atoms. The van der Waals surface area contributed by atoms with Gasteiger partial charge in [-0.3, -0.25) is 9.59 Å². The Kier molecular flexibility index (Phi) is 4.57. The molecule has 29 heavy (non-hydrogen) atoms. The SMILES string of the molecule is CCCN1C(=O)c2oc3c(C)cc(C)cc3c(=O)c2[C@H]1c1ccc(O)c(OC)c1. The number of nitrogens with zero attached hydrogens (tertiary/aromatic N) is 1. The zero-order chi connectivity index (χ0) is 20.9. The summed E-state index contributed by atoms with van der Waals surface area (Å²) in [6.07, 6.45) is 0.733. The van der Waals surface area contributed by atoms with Gasteiger partial charge in [-0.05, 0) is 55.2 Å². The van der Waals surface area contributed by atoms with Crippen molar-refractivity contribution in [3.8, 4) is 11.5 Å². The van der Waals surface area contributed by atoms with Gasteiger partial charge in [-0.1, -0.05) is 19.1 Å². The van der Waals surface area contributed by atoms with Crippen LogP contribution in [0.25, 0.3) is 11.0 Å². The van der Waals surface area contributed by atoms with Gasteiger partial charge in [-0.15, -0.1) is 0 Å². The Labute approximate surface area is 168 Å². The molecule has 0 fully saturated rings. The lowest BCUT2D eigenvalue weighted by molar-refractivity contribution is 0.0728. The minimum Gasteiger partial charge on any atom is -0.504 e. The van der Waals surface area contributed by atoms with Gasteiger partial charge in [0.25, 0.3) is 5.91 Å². The molecule has 6 nitrogen and oxygen atoms in total. The highest BCUT2D eigenvalue weighted by atomic mass is 16.5. The average molecular weight is 393 g/mol. The van der Waals surface area contributed by atoms with E-state index in [0.29, 0.717) is 28.6 Å². The van der Waals surface area contributed by atoms with Crippen LogP contribution in [0.2, 0.25) is 0 Å². The number of hydrogen-bond acceptors (Lipinski definition) is 5. The van der Waals surface area contributed by atoms with Crippen molar-refractivity contribution in [3.05, 3.63) is 68.6 Å². The second kappa shape index (κ2) is 6.95. The topological polar surface area (TPSA) is 80.0 Å². The number of amides is 1. The van der Waals surface area contributed by atoms with Gasteiger partial charge in [-0.2, -0.15) is 0 Å². The van der Waals surface area contributed by atoms with E-state index in [0.717, 1.165) is 17.5 Å². The summed E-state index contributed by atoms with van der Waals surface area (Å²) in [6.45, 7) is 6.25. The van der Waals surface area contributed by atoms with E-state index in [4.69, 9.17) is 9.15 Å². The van der Waals surface area contributed by atoms with Crippen molar-refractivity contribution >= 4 is 16.9 Å². The van der Waals surface area contributed by atoms with Gasteiger partial charge >= 0.3 is 0 Å². The first kappa shape index (κ1) is 19.1. The largest absolute Gasteiger partial charge is 0.504 e. The molecular weight excluding hydrogens is 370 g/mol. The Balaban J connectivity index is 2.03. The van der Waals surface area contributed by atoms with Gasteiger partial charge in [0, 0.05) is 6.54 Å². The molecule has 1 aliphatic heterocycles. The van der Waals surface area contributed by atoms with E-state index in [1.54, 1.807) is 23.1 Å². The molecule has 0 radical (unpaired) electrons. The quantitative estimate of drug-likeness (QED) is 0.722. The van der Waals surface area contributed by atoms with E-state index in [-0.39, 0.29) is 28.6 Å². The van der Waals surface area contributed by atoms with Crippen LogP contribution < -0.4 is 10.2 Å². The fraction of sp³-hybridized carbons (Fsp3) is 0.304. The minimum atomic E-state index is -0.589. The second-order valence-corrected chi connectivity index (χ2v) is 7.46. The highest BCUT2D eigenvalue weighted by Gasteiger charge is 2.42. The summed E-state index contributed by atoms with van der Waals surface area (Å²) in [5.74, 6) is 0.0918. The van der Waals surface area contributed by atoms with E-state index in [1.165, 1.54) is 13.2 Å². The summed E-state index contributed by atoms with van der Waals surface area (Å²) in [5, 5.41) is 10.4. The Morgan fingerprint density at radius 3 is 2.62 bits per heavy atom. The maximum atomic E-state index is 13.5. The summed E-state index contributed by atoms with van der Waals surface area (Å²) in [7, 11) is 1.46. The fourth-order valence-corrected chi connectivity index (χ4v) is 4.16. The first-order valence-corrected chi connectivity index (χ1v) is 9.63. The molecule has 150 valence electrons. The average Bonchev–Trinajstić information content (AvgIpc) is 2.96. The van der Waals surface area contributed by atoms with Gasteiger partial charge in [0.15, 0.2) is 16.9 Å². The van der Waals surface area contributed by atoms with Crippen molar-refractivity contribution in [2.75, 3.05) is 13.7 Å². The third-order valence-electron chi connectivity index (χ3n) is 5.38. The van der Waals surface area contributed by atoms with Crippen LogP contribution in [0.4, 0.5) is 0 Å². The zero-order valence-electron chi connectivity index (χ0n) is 16.9. The van der Waals surface area contributed by atoms with Gasteiger partial charge < -0.3 is 19.2 Å². The Morgan fingerprint density at radius 2 is 1.93 bits per heavy atom. The van der Waals surface area contributed by atoms with E-state index in [2.05, 4.69) is 0 Å². The number of carbonyl (C=O) groups is 1. The molecule has 0 unspecified atom stereocenters. The molecule has 1 atom stereocenters. The van der Waals surface area contributed by atoms with E-state index in [1.807, 2.05) is 26.8 Å². The smallest absolute Gasteiger partial charge is 0.290 e. The van der Waals surface area contributed by atoms with Crippen molar-refractivity contribution in [1.29, 1.82) is 0 Å². The van der Waals surface area contributed by atoms with E-state index >= 15 is 0 Å². The summed E-state index contributed by atoms with van der Waals surface area (Å²) >= 11 is 0. The highest BCUT2D eigenvalue weighted by molar-refractivity contribution is 5.99. The van der Waals surface area contributed by atoms with Crippen molar-refractivity contribution in [2.45, 2.75) is 33.2 Å². The number of aryl methyl sites for hydroxylation is 2. The van der Waals surface area contributed by atoms with Crippen LogP contribution in [0, 0.1) is 13.8 Å². The lowest BCUT2D eigenvalue weighted by Crippen LogP contribution is -2.30. The maximum absolute atomic E-state index is 13.5. The molecule has 3 aromatic rings. The summed E-state index contributed by atoms with van der Waals surface area (Å²) in [6, 6.07) is 8.03. The van der Waals surface area contributed by atoms with Crippen molar-refractivity contribution in [2.24, 2.45) is 0 Å². The minimum absolute atomic E-state index is 0.000339. The molecule has 1 aromatic heterocycles. The molecule has 1 aliphatic rings. The Bertz CT molecular complexity index is 1190. The van der Waals surface area contributed by atoms with Crippen LogP contribution in [0.1, 0.15) is 52.2 Å². The number of carbonyl (C=O) groups excluding carboxylic acids is 1. The highest BCUT2D eigenvalue weighted by Crippen LogP contribution is 2.41. The van der Waals surface area contributed by atoms with Crippen molar-refractivity contribution in [3.63, 3.8) is 0 Å². The van der Waals surface area contributed by atoms with Crippen LogP contribution in [-0.4, -0.2) is 29.6 Å². The lowest BCUT2D eigenvalue weighted by atomic mass is 9.97. The number of ether oxygens (including phenoxy) is 1. The van der Waals surface area contributed by atoms with Gasteiger partial charge in [0.05, 0.1) is 24.1 Å². The first-order chi connectivity index (χ1) is 13.9. The number of phenolic OH excluding ortho intramolecular Hbond substituents is 1. The van der Waals surface area contributed by atoms with Gasteiger partial charge in [-0.25, -0.2) is 0 Å². The molecule has 0 saturated heterocycles. The molecule has 1 N–H and O–H groups in total. The number of rotatable bonds is 4. The summed E-state index contributed by atoms with van der Waals surface area (Å²) < 4.78 is 11.3. The molecular formula is C23H23NO5. The lowest BCUT2D eigenvalue weighted by Gasteiger charge is -2.25. The van der Waals surface area contributed by atoms with Crippen LogP contribution >= 0.6 is 0 Å². The predicted molar refractivity (Wildman–Crippen MR) is 110 cm³/mol. The molecule has 0 saturated carbocycles. The first-order valence-electron chi connectivity index (χ1n) is 9.63. The molecule has 6 heteroatoms. The van der Waals surface area contributed by atoms with Crippen LogP contribution in [0.3, 0.4) is 0 Å². The number of methoxy groups -OCH3 is 1. The molecule has 2 aromatic carbocycles. The second-order valence-electron chi connectivity index (χ2n) is 7.46. The summed E-state index contributed by atoms with van der Waals surface area (Å²) in [5.41, 5.74) is 3.07. The number of aromatic hydroxyl groups is 1. The number of hydrogen-bond donors (Lipinski definition) is 1. The molecule has 1 amide bonds. The molecule has 0 aliphatic carbocycles. The molecule has 2 heterocycles. The fourth-order valence-electron chi connectivity index (χ4n) is 4.16. The van der Waals surface area contributed by atoms with Gasteiger partial charge in [0.2, 0.25) is 5.76 Å². The van der Waals surface area contributed by atoms with E-state index in [9.17, 15) is 14.7 Å².